The molecule has 2 heterocycles. The summed E-state index contributed by atoms with van der Waals surface area (Å²) in [4.78, 5) is 27.1. The Morgan fingerprint density at radius 1 is 1.36 bits per heavy atom. The van der Waals surface area contributed by atoms with Gasteiger partial charge in [0.1, 0.15) is 11.8 Å². The lowest BCUT2D eigenvalue weighted by atomic mass is 10.1. The SMILES string of the molecule is COc1ccc(Cl)cc1C(=O)N1CCC[C@@H]1C(=O)Nc1ccn(C)n1. The normalized spacial score (nSPS) is 16.8. The number of carbonyl (C=O) groups is 2. The number of aromatic nitrogens is 2. The summed E-state index contributed by atoms with van der Waals surface area (Å²) in [6, 6.07) is 6.03. The highest BCUT2D eigenvalue weighted by Gasteiger charge is 2.35. The highest BCUT2D eigenvalue weighted by atomic mass is 35.5. The zero-order valence-corrected chi connectivity index (χ0v) is 14.8. The van der Waals surface area contributed by atoms with Crippen molar-refractivity contribution in [3.8, 4) is 5.75 Å². The zero-order chi connectivity index (χ0) is 18.0. The van der Waals surface area contributed by atoms with Gasteiger partial charge in [0.05, 0.1) is 12.7 Å². The third-order valence-corrected chi connectivity index (χ3v) is 4.41. The minimum atomic E-state index is -0.543. The summed E-state index contributed by atoms with van der Waals surface area (Å²) in [5.74, 6) is 0.390. The first-order valence-corrected chi connectivity index (χ1v) is 8.32. The lowest BCUT2D eigenvalue weighted by Crippen LogP contribution is -2.43. The number of hydrogen-bond acceptors (Lipinski definition) is 4. The van der Waals surface area contributed by atoms with E-state index in [0.29, 0.717) is 35.1 Å². The number of carbonyl (C=O) groups excluding carboxylic acids is 2. The number of anilines is 1. The third kappa shape index (κ3) is 3.61. The Balaban J connectivity index is 1.80. The smallest absolute Gasteiger partial charge is 0.258 e. The number of benzene rings is 1. The van der Waals surface area contributed by atoms with E-state index in [1.165, 1.54) is 7.11 Å². The van der Waals surface area contributed by atoms with Gasteiger partial charge in [-0.2, -0.15) is 5.10 Å². The molecule has 0 spiro atoms. The molecule has 1 aromatic carbocycles. The molecule has 25 heavy (non-hydrogen) atoms. The second-order valence-electron chi connectivity index (χ2n) is 5.87. The molecule has 3 rings (SSSR count). The Hall–Kier alpha value is -2.54. The molecule has 0 bridgehead atoms. The molecule has 0 aliphatic carbocycles. The molecule has 0 unspecified atom stereocenters. The van der Waals surface area contributed by atoms with E-state index in [1.807, 2.05) is 0 Å². The van der Waals surface area contributed by atoms with Gasteiger partial charge in [0, 0.05) is 30.9 Å². The number of amides is 2. The van der Waals surface area contributed by atoms with Crippen molar-refractivity contribution in [3.63, 3.8) is 0 Å². The number of aryl methyl sites for hydroxylation is 1. The first kappa shape index (κ1) is 17.3. The molecule has 2 amide bonds. The fraction of sp³-hybridized carbons (Fsp3) is 0.353. The molecule has 132 valence electrons. The fourth-order valence-corrected chi connectivity index (χ4v) is 3.15. The molecule has 2 aromatic rings. The predicted molar refractivity (Wildman–Crippen MR) is 93.9 cm³/mol. The summed E-state index contributed by atoms with van der Waals surface area (Å²) >= 11 is 6.02. The number of methoxy groups -OCH3 is 1. The molecule has 7 nitrogen and oxygen atoms in total. The van der Waals surface area contributed by atoms with Crippen LogP contribution in [-0.4, -0.2) is 46.2 Å². The van der Waals surface area contributed by atoms with Crippen LogP contribution in [0, 0.1) is 0 Å². The van der Waals surface area contributed by atoms with Gasteiger partial charge in [-0.15, -0.1) is 0 Å². The molecule has 8 heteroatoms. The van der Waals surface area contributed by atoms with E-state index in [0.717, 1.165) is 6.42 Å². The number of hydrogen-bond donors (Lipinski definition) is 1. The lowest BCUT2D eigenvalue weighted by molar-refractivity contribution is -0.119. The summed E-state index contributed by atoms with van der Waals surface area (Å²) in [6.45, 7) is 0.509. The van der Waals surface area contributed by atoms with Gasteiger partial charge in [-0.05, 0) is 31.0 Å². The Labute approximate surface area is 150 Å². The molecule has 1 saturated heterocycles. The number of likely N-dealkylation sites (tertiary alicyclic amines) is 1. The van der Waals surface area contributed by atoms with Gasteiger partial charge in [0.15, 0.2) is 5.82 Å². The van der Waals surface area contributed by atoms with E-state index in [9.17, 15) is 9.59 Å². The van der Waals surface area contributed by atoms with Crippen molar-refractivity contribution in [3.05, 3.63) is 41.0 Å². The highest BCUT2D eigenvalue weighted by molar-refractivity contribution is 6.31. The maximum absolute atomic E-state index is 12.9. The molecular weight excluding hydrogens is 344 g/mol. The van der Waals surface area contributed by atoms with Crippen LogP contribution in [0.3, 0.4) is 0 Å². The van der Waals surface area contributed by atoms with E-state index in [4.69, 9.17) is 16.3 Å². The van der Waals surface area contributed by atoms with Crippen LogP contribution < -0.4 is 10.1 Å². The van der Waals surface area contributed by atoms with Gasteiger partial charge in [-0.1, -0.05) is 11.6 Å². The molecular formula is C17H19ClN4O3. The highest BCUT2D eigenvalue weighted by Crippen LogP contribution is 2.28. The van der Waals surface area contributed by atoms with E-state index in [2.05, 4.69) is 10.4 Å². The first-order chi connectivity index (χ1) is 12.0. The molecule has 0 radical (unpaired) electrons. The zero-order valence-electron chi connectivity index (χ0n) is 14.0. The average molecular weight is 363 g/mol. The Bertz CT molecular complexity index is 805. The maximum atomic E-state index is 12.9. The van der Waals surface area contributed by atoms with Gasteiger partial charge in [0.25, 0.3) is 5.91 Å². The van der Waals surface area contributed by atoms with Gasteiger partial charge < -0.3 is 15.0 Å². The molecule has 1 N–H and O–H groups in total. The van der Waals surface area contributed by atoms with Crippen LogP contribution in [0.5, 0.6) is 5.75 Å². The lowest BCUT2D eigenvalue weighted by Gasteiger charge is -2.24. The van der Waals surface area contributed by atoms with E-state index < -0.39 is 6.04 Å². The second-order valence-corrected chi connectivity index (χ2v) is 6.30. The minimum Gasteiger partial charge on any atom is -0.496 e. The van der Waals surface area contributed by atoms with Crippen molar-refractivity contribution in [2.75, 3.05) is 19.0 Å². The Morgan fingerprint density at radius 2 is 2.16 bits per heavy atom. The monoisotopic (exact) mass is 362 g/mol. The molecule has 1 aliphatic heterocycles. The molecule has 1 aliphatic rings. The summed E-state index contributed by atoms with van der Waals surface area (Å²) in [6.07, 6.45) is 3.10. The molecule has 1 aromatic heterocycles. The van der Waals surface area contributed by atoms with Crippen molar-refractivity contribution >= 4 is 29.2 Å². The Kier molecular flexibility index (Phi) is 4.94. The number of ether oxygens (including phenoxy) is 1. The molecule has 0 saturated carbocycles. The number of nitrogens with zero attached hydrogens (tertiary/aromatic N) is 3. The number of nitrogens with one attached hydrogen (secondary N) is 1. The van der Waals surface area contributed by atoms with Crippen molar-refractivity contribution in [1.29, 1.82) is 0 Å². The molecule has 1 atom stereocenters. The van der Waals surface area contributed by atoms with Crippen molar-refractivity contribution in [2.24, 2.45) is 7.05 Å². The van der Waals surface area contributed by atoms with E-state index >= 15 is 0 Å². The van der Waals surface area contributed by atoms with Crippen LogP contribution in [0.4, 0.5) is 5.82 Å². The van der Waals surface area contributed by atoms with Gasteiger partial charge >= 0.3 is 0 Å². The Morgan fingerprint density at radius 3 is 2.84 bits per heavy atom. The summed E-state index contributed by atoms with van der Waals surface area (Å²) in [7, 11) is 3.27. The number of halogens is 1. The van der Waals surface area contributed by atoms with Crippen LogP contribution in [0.25, 0.3) is 0 Å². The van der Waals surface area contributed by atoms with Crippen molar-refractivity contribution in [2.45, 2.75) is 18.9 Å². The van der Waals surface area contributed by atoms with Crippen LogP contribution in [0.1, 0.15) is 23.2 Å². The van der Waals surface area contributed by atoms with Crippen LogP contribution in [0.2, 0.25) is 5.02 Å². The summed E-state index contributed by atoms with van der Waals surface area (Å²) in [5, 5.41) is 7.33. The van der Waals surface area contributed by atoms with Crippen LogP contribution >= 0.6 is 11.6 Å². The van der Waals surface area contributed by atoms with E-state index in [-0.39, 0.29) is 11.8 Å². The second kappa shape index (κ2) is 7.14. The topological polar surface area (TPSA) is 76.5 Å². The van der Waals surface area contributed by atoms with Crippen LogP contribution in [-0.2, 0) is 11.8 Å². The number of rotatable bonds is 4. The predicted octanol–water partition coefficient (Wildman–Crippen LogP) is 2.33. The minimum absolute atomic E-state index is 0.245. The standard InChI is InChI=1S/C17H19ClN4O3/c1-21-9-7-15(20-21)19-16(23)13-4-3-8-22(13)17(24)12-10-11(18)5-6-14(12)25-2/h5-7,9-10,13H,3-4,8H2,1-2H3,(H,19,20,23)/t13-/m1/s1. The van der Waals surface area contributed by atoms with Gasteiger partial charge in [0.2, 0.25) is 5.91 Å². The summed E-state index contributed by atoms with van der Waals surface area (Å²) in [5.41, 5.74) is 0.354. The fourth-order valence-electron chi connectivity index (χ4n) is 2.98. The first-order valence-electron chi connectivity index (χ1n) is 7.94. The van der Waals surface area contributed by atoms with E-state index in [1.54, 1.807) is 47.1 Å². The van der Waals surface area contributed by atoms with Gasteiger partial charge in [-0.3, -0.25) is 14.3 Å². The summed E-state index contributed by atoms with van der Waals surface area (Å²) < 4.78 is 6.86. The van der Waals surface area contributed by atoms with Crippen LogP contribution in [0.15, 0.2) is 30.5 Å². The molecule has 1 fully saturated rings. The third-order valence-electron chi connectivity index (χ3n) is 4.17. The van der Waals surface area contributed by atoms with Crippen molar-refractivity contribution in [1.82, 2.24) is 14.7 Å². The maximum Gasteiger partial charge on any atom is 0.258 e. The van der Waals surface area contributed by atoms with Gasteiger partial charge in [-0.25, -0.2) is 0 Å². The largest absolute Gasteiger partial charge is 0.496 e. The average Bonchev–Trinajstić information content (AvgIpc) is 3.23. The van der Waals surface area contributed by atoms with Crippen molar-refractivity contribution < 1.29 is 14.3 Å². The quantitative estimate of drug-likeness (QED) is 0.905.